The van der Waals surface area contributed by atoms with Gasteiger partial charge < -0.3 is 15.0 Å². The predicted molar refractivity (Wildman–Crippen MR) is 109 cm³/mol. The summed E-state index contributed by atoms with van der Waals surface area (Å²) in [7, 11) is 0. The summed E-state index contributed by atoms with van der Waals surface area (Å²) >= 11 is 3.41. The van der Waals surface area contributed by atoms with Gasteiger partial charge in [-0.1, -0.05) is 22.0 Å². The Hall–Kier alpha value is -2.59. The van der Waals surface area contributed by atoms with Crippen LogP contribution >= 0.6 is 15.9 Å². The lowest BCUT2D eigenvalue weighted by molar-refractivity contribution is -0.143. The normalized spacial score (nSPS) is 16.7. The van der Waals surface area contributed by atoms with Crippen LogP contribution in [0.5, 0.6) is 0 Å². The Kier molecular flexibility index (Phi) is 5.46. The number of nitrogens with one attached hydrogen (secondary N) is 1. The number of rotatable bonds is 4. The zero-order valence-corrected chi connectivity index (χ0v) is 17.2. The molecule has 1 aliphatic heterocycles. The van der Waals surface area contributed by atoms with E-state index in [1.54, 1.807) is 6.20 Å². The smallest absolute Gasteiger partial charge is 0.417 e. The molecule has 1 saturated heterocycles. The molecule has 0 spiro atoms. The van der Waals surface area contributed by atoms with Crippen molar-refractivity contribution in [2.45, 2.75) is 12.2 Å². The largest absolute Gasteiger partial charge is 0.480 e. The van der Waals surface area contributed by atoms with Gasteiger partial charge in [-0.3, -0.25) is 9.69 Å². The number of nitrogens with zero attached hydrogens (tertiary/aromatic N) is 3. The van der Waals surface area contributed by atoms with E-state index in [-0.39, 0.29) is 0 Å². The average Bonchev–Trinajstić information content (AvgIpc) is 3.10. The van der Waals surface area contributed by atoms with Gasteiger partial charge in [0.2, 0.25) is 0 Å². The number of hydrogen-bond donors (Lipinski definition) is 2. The molecule has 3 aromatic rings. The minimum atomic E-state index is -4.42. The maximum absolute atomic E-state index is 12.7. The standard InChI is InChI=1S/C20H18BrF3N4O2/c21-13-2-3-14-15(11-25-16(14)9-13)18(19(29)30)28-7-5-27(6-8-28)17-4-1-12(10-26-17)20(22,23)24/h1-4,9-11,18,25H,5-8H2,(H,29,30)/t18-/m0/s1. The number of piperazine rings is 1. The van der Waals surface area contributed by atoms with E-state index in [0.29, 0.717) is 37.6 Å². The van der Waals surface area contributed by atoms with Crippen molar-refractivity contribution in [3.63, 3.8) is 0 Å². The van der Waals surface area contributed by atoms with Crippen molar-refractivity contribution in [1.82, 2.24) is 14.9 Å². The highest BCUT2D eigenvalue weighted by molar-refractivity contribution is 9.10. The van der Waals surface area contributed by atoms with Crippen molar-refractivity contribution in [2.75, 3.05) is 31.1 Å². The lowest BCUT2D eigenvalue weighted by Crippen LogP contribution is -2.49. The number of alkyl halides is 3. The Bertz CT molecular complexity index is 1060. The molecule has 2 aromatic heterocycles. The van der Waals surface area contributed by atoms with Gasteiger partial charge in [0.1, 0.15) is 11.9 Å². The molecular formula is C20H18BrF3N4O2. The number of aromatic nitrogens is 2. The van der Waals surface area contributed by atoms with E-state index in [1.807, 2.05) is 28.0 Å². The third kappa shape index (κ3) is 4.01. The van der Waals surface area contributed by atoms with Crippen LogP contribution < -0.4 is 4.90 Å². The van der Waals surface area contributed by atoms with Gasteiger partial charge in [-0.25, -0.2) is 4.98 Å². The van der Waals surface area contributed by atoms with E-state index in [1.165, 1.54) is 6.07 Å². The van der Waals surface area contributed by atoms with Crippen molar-refractivity contribution < 1.29 is 23.1 Å². The summed E-state index contributed by atoms with van der Waals surface area (Å²) in [6, 6.07) is 7.19. The highest BCUT2D eigenvalue weighted by Gasteiger charge is 2.33. The van der Waals surface area contributed by atoms with Gasteiger partial charge in [0.05, 0.1) is 5.56 Å². The van der Waals surface area contributed by atoms with Gasteiger partial charge in [0.15, 0.2) is 0 Å². The number of aromatic amines is 1. The van der Waals surface area contributed by atoms with Crippen LogP contribution in [0.3, 0.4) is 0 Å². The lowest BCUT2D eigenvalue weighted by atomic mass is 10.0. The number of benzene rings is 1. The Morgan fingerprint density at radius 3 is 2.50 bits per heavy atom. The first-order valence-corrected chi connectivity index (χ1v) is 10.0. The van der Waals surface area contributed by atoms with Crippen molar-refractivity contribution in [3.05, 3.63) is 58.3 Å². The number of aliphatic carboxylic acids is 1. The molecule has 0 bridgehead atoms. The third-order valence-electron chi connectivity index (χ3n) is 5.28. The highest BCUT2D eigenvalue weighted by atomic mass is 79.9. The Morgan fingerprint density at radius 1 is 1.17 bits per heavy atom. The second kappa shape index (κ2) is 7.92. The molecule has 2 N–H and O–H groups in total. The number of hydrogen-bond acceptors (Lipinski definition) is 4. The van der Waals surface area contributed by atoms with Crippen molar-refractivity contribution in [1.29, 1.82) is 0 Å². The zero-order chi connectivity index (χ0) is 21.5. The van der Waals surface area contributed by atoms with E-state index < -0.39 is 23.8 Å². The second-order valence-electron chi connectivity index (χ2n) is 7.10. The molecule has 1 atom stereocenters. The molecule has 4 rings (SSSR count). The molecule has 0 aliphatic carbocycles. The number of fused-ring (bicyclic) bond motifs is 1. The molecular weight excluding hydrogens is 465 g/mol. The molecule has 158 valence electrons. The quantitative estimate of drug-likeness (QED) is 0.580. The monoisotopic (exact) mass is 482 g/mol. The summed E-state index contributed by atoms with van der Waals surface area (Å²) in [6.07, 6.45) is -1.88. The number of pyridine rings is 1. The second-order valence-corrected chi connectivity index (χ2v) is 8.02. The third-order valence-corrected chi connectivity index (χ3v) is 5.78. The summed E-state index contributed by atoms with van der Waals surface area (Å²) in [5.41, 5.74) is 0.742. The lowest BCUT2D eigenvalue weighted by Gasteiger charge is -2.38. The molecule has 6 nitrogen and oxygen atoms in total. The van der Waals surface area contributed by atoms with Gasteiger partial charge in [-0.2, -0.15) is 13.2 Å². The predicted octanol–water partition coefficient (Wildman–Crippen LogP) is 4.29. The van der Waals surface area contributed by atoms with E-state index >= 15 is 0 Å². The molecule has 1 fully saturated rings. The fourth-order valence-corrected chi connectivity index (χ4v) is 4.14. The molecule has 0 saturated carbocycles. The summed E-state index contributed by atoms with van der Waals surface area (Å²) in [4.78, 5) is 22.9. The molecule has 30 heavy (non-hydrogen) atoms. The molecule has 3 heterocycles. The van der Waals surface area contributed by atoms with E-state index in [0.717, 1.165) is 27.6 Å². The van der Waals surface area contributed by atoms with Gasteiger partial charge >= 0.3 is 12.1 Å². The van der Waals surface area contributed by atoms with Gasteiger partial charge in [0.25, 0.3) is 0 Å². The SMILES string of the molecule is O=C(O)[C@H](c1c[nH]c2cc(Br)ccc12)N1CCN(c2ccc(C(F)(F)F)cn2)CC1. The Morgan fingerprint density at radius 2 is 1.90 bits per heavy atom. The van der Waals surface area contributed by atoms with Crippen LogP contribution in [0.15, 0.2) is 47.2 Å². The van der Waals surface area contributed by atoms with Crippen molar-refractivity contribution in [3.8, 4) is 0 Å². The van der Waals surface area contributed by atoms with Gasteiger partial charge in [-0.05, 0) is 24.3 Å². The van der Waals surface area contributed by atoms with Crippen molar-refractivity contribution in [2.24, 2.45) is 0 Å². The number of anilines is 1. The van der Waals surface area contributed by atoms with E-state index in [4.69, 9.17) is 0 Å². The first kappa shape index (κ1) is 20.7. The minimum Gasteiger partial charge on any atom is -0.480 e. The molecule has 0 unspecified atom stereocenters. The number of H-pyrrole nitrogens is 1. The minimum absolute atomic E-state index is 0.447. The highest BCUT2D eigenvalue weighted by Crippen LogP contribution is 2.32. The summed E-state index contributed by atoms with van der Waals surface area (Å²) < 4.78 is 39.1. The maximum atomic E-state index is 12.7. The number of carbonyl (C=O) groups is 1. The summed E-state index contributed by atoms with van der Waals surface area (Å²) in [6.45, 7) is 1.83. The van der Waals surface area contributed by atoms with Crippen LogP contribution in [-0.4, -0.2) is 52.1 Å². The molecule has 0 radical (unpaired) electrons. The molecule has 1 aromatic carbocycles. The van der Waals surface area contributed by atoms with Crippen molar-refractivity contribution >= 4 is 38.6 Å². The fourth-order valence-electron chi connectivity index (χ4n) is 3.78. The number of carboxylic acids is 1. The van der Waals surface area contributed by atoms with Crippen LogP contribution in [0.2, 0.25) is 0 Å². The van der Waals surface area contributed by atoms with Crippen LogP contribution in [0.25, 0.3) is 10.9 Å². The van der Waals surface area contributed by atoms with Crippen LogP contribution in [0.1, 0.15) is 17.2 Å². The van der Waals surface area contributed by atoms with Gasteiger partial charge in [0, 0.05) is 59.5 Å². The van der Waals surface area contributed by atoms with E-state index in [2.05, 4.69) is 25.9 Å². The first-order chi connectivity index (χ1) is 14.2. The topological polar surface area (TPSA) is 72.5 Å². The average molecular weight is 483 g/mol. The van der Waals surface area contributed by atoms with Gasteiger partial charge in [-0.15, -0.1) is 0 Å². The van der Waals surface area contributed by atoms with Crippen LogP contribution in [-0.2, 0) is 11.0 Å². The Labute approximate surface area is 178 Å². The number of halogens is 4. The van der Waals surface area contributed by atoms with E-state index in [9.17, 15) is 23.1 Å². The zero-order valence-electron chi connectivity index (χ0n) is 15.7. The first-order valence-electron chi connectivity index (χ1n) is 9.25. The fraction of sp³-hybridized carbons (Fsp3) is 0.300. The molecule has 1 aliphatic rings. The molecule has 0 amide bonds. The maximum Gasteiger partial charge on any atom is 0.417 e. The number of carboxylic acid groups (broad SMARTS) is 1. The molecule has 10 heteroatoms. The van der Waals surface area contributed by atoms with Crippen LogP contribution in [0.4, 0.5) is 19.0 Å². The summed E-state index contributed by atoms with van der Waals surface area (Å²) in [5, 5.41) is 10.7. The summed E-state index contributed by atoms with van der Waals surface area (Å²) in [5.74, 6) is -0.494. The Balaban J connectivity index is 1.50. The van der Waals surface area contributed by atoms with Crippen LogP contribution in [0, 0.1) is 0 Å².